The van der Waals surface area contributed by atoms with Crippen LogP contribution < -0.4 is 10.1 Å². The standard InChI is InChI=1S/C13H14F3N3O/c1-7-8(13(20-3)19(2)18-7)6-17-12-5-10(15)9(14)4-11(12)16/h4-5,17H,6H2,1-3H3. The van der Waals surface area contributed by atoms with E-state index in [0.29, 0.717) is 17.6 Å². The van der Waals surface area contributed by atoms with Crippen LogP contribution in [0.25, 0.3) is 0 Å². The van der Waals surface area contributed by atoms with Gasteiger partial charge >= 0.3 is 0 Å². The molecule has 0 bridgehead atoms. The van der Waals surface area contributed by atoms with Crippen molar-refractivity contribution in [1.82, 2.24) is 9.78 Å². The molecule has 1 N–H and O–H groups in total. The number of rotatable bonds is 4. The normalized spacial score (nSPS) is 10.7. The summed E-state index contributed by atoms with van der Waals surface area (Å²) in [6.07, 6.45) is 0. The van der Waals surface area contributed by atoms with Gasteiger partial charge in [0.1, 0.15) is 5.82 Å². The second kappa shape index (κ2) is 5.44. The number of anilines is 1. The number of hydrogen-bond acceptors (Lipinski definition) is 3. The van der Waals surface area contributed by atoms with E-state index in [9.17, 15) is 13.2 Å². The molecule has 1 aromatic heterocycles. The summed E-state index contributed by atoms with van der Waals surface area (Å²) in [7, 11) is 3.21. The fraction of sp³-hybridized carbons (Fsp3) is 0.308. The molecule has 0 atom stereocenters. The second-order valence-electron chi connectivity index (χ2n) is 4.30. The van der Waals surface area contributed by atoms with Gasteiger partial charge in [-0.2, -0.15) is 5.10 Å². The van der Waals surface area contributed by atoms with E-state index in [1.807, 2.05) is 0 Å². The van der Waals surface area contributed by atoms with Gasteiger partial charge in [-0.25, -0.2) is 17.9 Å². The lowest BCUT2D eigenvalue weighted by molar-refractivity contribution is 0.369. The van der Waals surface area contributed by atoms with Crippen molar-refractivity contribution in [3.63, 3.8) is 0 Å². The molecule has 0 saturated heterocycles. The molecule has 4 nitrogen and oxygen atoms in total. The van der Waals surface area contributed by atoms with Gasteiger partial charge in [0.2, 0.25) is 5.88 Å². The summed E-state index contributed by atoms with van der Waals surface area (Å²) < 4.78 is 46.2. The van der Waals surface area contributed by atoms with Gasteiger partial charge in [0, 0.05) is 25.7 Å². The summed E-state index contributed by atoms with van der Waals surface area (Å²) in [5.74, 6) is -2.66. The van der Waals surface area contributed by atoms with Gasteiger partial charge < -0.3 is 10.1 Å². The molecule has 7 heteroatoms. The summed E-state index contributed by atoms with van der Waals surface area (Å²) in [6.45, 7) is 1.96. The Morgan fingerprint density at radius 3 is 2.50 bits per heavy atom. The van der Waals surface area contributed by atoms with E-state index in [1.165, 1.54) is 7.11 Å². The van der Waals surface area contributed by atoms with Crippen LogP contribution >= 0.6 is 0 Å². The van der Waals surface area contributed by atoms with Crippen molar-refractivity contribution in [2.75, 3.05) is 12.4 Å². The average Bonchev–Trinajstić information content (AvgIpc) is 2.66. The highest BCUT2D eigenvalue weighted by molar-refractivity contribution is 5.47. The maximum Gasteiger partial charge on any atom is 0.216 e. The Bertz CT molecular complexity index is 640. The predicted octanol–water partition coefficient (Wildman–Crippen LogP) is 2.77. The fourth-order valence-corrected chi connectivity index (χ4v) is 1.98. The fourth-order valence-electron chi connectivity index (χ4n) is 1.98. The summed E-state index contributed by atoms with van der Waals surface area (Å²) in [4.78, 5) is 0. The van der Waals surface area contributed by atoms with E-state index in [1.54, 1.807) is 18.7 Å². The first kappa shape index (κ1) is 14.2. The zero-order valence-corrected chi connectivity index (χ0v) is 11.3. The molecule has 0 aliphatic carbocycles. The largest absolute Gasteiger partial charge is 0.481 e. The maximum atomic E-state index is 13.5. The summed E-state index contributed by atoms with van der Waals surface area (Å²) in [5, 5.41) is 6.88. The van der Waals surface area contributed by atoms with Crippen LogP contribution in [0.5, 0.6) is 5.88 Å². The average molecular weight is 285 g/mol. The highest BCUT2D eigenvalue weighted by Gasteiger charge is 2.15. The number of ether oxygens (including phenoxy) is 1. The van der Waals surface area contributed by atoms with Crippen molar-refractivity contribution < 1.29 is 17.9 Å². The van der Waals surface area contributed by atoms with Crippen LogP contribution in [0.3, 0.4) is 0 Å². The van der Waals surface area contributed by atoms with Crippen LogP contribution in [0.2, 0.25) is 0 Å². The van der Waals surface area contributed by atoms with Gasteiger partial charge in [-0.1, -0.05) is 0 Å². The SMILES string of the molecule is COc1c(CNc2cc(F)c(F)cc2F)c(C)nn1C. The van der Waals surface area contributed by atoms with Gasteiger partial charge in [0.15, 0.2) is 11.6 Å². The van der Waals surface area contributed by atoms with E-state index in [-0.39, 0.29) is 12.2 Å². The molecule has 0 radical (unpaired) electrons. The van der Waals surface area contributed by atoms with Gasteiger partial charge in [0.25, 0.3) is 0 Å². The Balaban J connectivity index is 2.23. The molecule has 0 amide bonds. The van der Waals surface area contributed by atoms with E-state index in [0.717, 1.165) is 11.6 Å². The zero-order valence-electron chi connectivity index (χ0n) is 11.3. The van der Waals surface area contributed by atoms with Crippen molar-refractivity contribution in [3.8, 4) is 5.88 Å². The number of aromatic nitrogens is 2. The van der Waals surface area contributed by atoms with E-state index < -0.39 is 17.5 Å². The zero-order chi connectivity index (χ0) is 14.9. The maximum absolute atomic E-state index is 13.5. The van der Waals surface area contributed by atoms with Crippen LogP contribution in [-0.2, 0) is 13.6 Å². The minimum absolute atomic E-state index is 0.116. The molecular formula is C13H14F3N3O. The number of nitrogens with zero attached hydrogens (tertiary/aromatic N) is 2. The van der Waals surface area contributed by atoms with Crippen LogP contribution in [0.1, 0.15) is 11.3 Å². The first-order valence-electron chi connectivity index (χ1n) is 5.89. The molecule has 108 valence electrons. The van der Waals surface area contributed by atoms with Crippen molar-refractivity contribution >= 4 is 5.69 Å². The molecule has 20 heavy (non-hydrogen) atoms. The molecule has 1 heterocycles. The van der Waals surface area contributed by atoms with Gasteiger partial charge in [-0.3, -0.25) is 0 Å². The third-order valence-corrected chi connectivity index (χ3v) is 2.95. The molecule has 0 fully saturated rings. The van der Waals surface area contributed by atoms with E-state index in [2.05, 4.69) is 10.4 Å². The van der Waals surface area contributed by atoms with Crippen LogP contribution in [0.4, 0.5) is 18.9 Å². The minimum atomic E-state index is -1.22. The van der Waals surface area contributed by atoms with Gasteiger partial charge in [0.05, 0.1) is 24.1 Å². The summed E-state index contributed by atoms with van der Waals surface area (Å²) >= 11 is 0. The van der Waals surface area contributed by atoms with Gasteiger partial charge in [-0.15, -0.1) is 0 Å². The second-order valence-corrected chi connectivity index (χ2v) is 4.30. The molecule has 2 aromatic rings. The third kappa shape index (κ3) is 2.56. The molecule has 0 unspecified atom stereocenters. The molecule has 0 aliphatic rings. The number of benzene rings is 1. The topological polar surface area (TPSA) is 39.1 Å². The van der Waals surface area contributed by atoms with Gasteiger partial charge in [-0.05, 0) is 6.92 Å². The monoisotopic (exact) mass is 285 g/mol. The number of halogens is 3. The Labute approximate surface area is 114 Å². The predicted molar refractivity (Wildman–Crippen MR) is 68.1 cm³/mol. The highest BCUT2D eigenvalue weighted by atomic mass is 19.2. The minimum Gasteiger partial charge on any atom is -0.481 e. The smallest absolute Gasteiger partial charge is 0.216 e. The van der Waals surface area contributed by atoms with Crippen molar-refractivity contribution in [2.45, 2.75) is 13.5 Å². The van der Waals surface area contributed by atoms with Crippen LogP contribution in [-0.4, -0.2) is 16.9 Å². The number of hydrogen-bond donors (Lipinski definition) is 1. The third-order valence-electron chi connectivity index (χ3n) is 2.95. The Hall–Kier alpha value is -2.18. The summed E-state index contributed by atoms with van der Waals surface area (Å²) in [5.41, 5.74) is 1.31. The van der Waals surface area contributed by atoms with E-state index in [4.69, 9.17) is 4.74 Å². The first-order chi connectivity index (χ1) is 9.43. The van der Waals surface area contributed by atoms with Crippen LogP contribution in [0, 0.1) is 24.4 Å². The molecule has 0 saturated carbocycles. The molecule has 0 aliphatic heterocycles. The molecule has 0 spiro atoms. The molecule has 1 aromatic carbocycles. The number of aryl methyl sites for hydroxylation is 2. The van der Waals surface area contributed by atoms with E-state index >= 15 is 0 Å². The number of methoxy groups -OCH3 is 1. The molecule has 2 rings (SSSR count). The number of nitrogens with one attached hydrogen (secondary N) is 1. The lowest BCUT2D eigenvalue weighted by atomic mass is 10.2. The Morgan fingerprint density at radius 2 is 1.85 bits per heavy atom. The quantitative estimate of drug-likeness (QED) is 0.878. The van der Waals surface area contributed by atoms with Crippen molar-refractivity contribution in [3.05, 3.63) is 40.8 Å². The van der Waals surface area contributed by atoms with Crippen molar-refractivity contribution in [2.24, 2.45) is 7.05 Å². The Kier molecular flexibility index (Phi) is 3.87. The lowest BCUT2D eigenvalue weighted by Crippen LogP contribution is -2.05. The molecular weight excluding hydrogens is 271 g/mol. The first-order valence-corrected chi connectivity index (χ1v) is 5.89. The van der Waals surface area contributed by atoms with Crippen molar-refractivity contribution in [1.29, 1.82) is 0 Å². The van der Waals surface area contributed by atoms with Crippen LogP contribution in [0.15, 0.2) is 12.1 Å². The lowest BCUT2D eigenvalue weighted by Gasteiger charge is -2.09. The Morgan fingerprint density at radius 1 is 1.20 bits per heavy atom. The highest BCUT2D eigenvalue weighted by Crippen LogP contribution is 2.24. The summed E-state index contributed by atoms with van der Waals surface area (Å²) in [6, 6.07) is 1.29.